The lowest BCUT2D eigenvalue weighted by Gasteiger charge is -2.34. The molecule has 0 bridgehead atoms. The van der Waals surface area contributed by atoms with E-state index in [1.807, 2.05) is 44.2 Å². The molecule has 3 rings (SSSR count). The van der Waals surface area contributed by atoms with E-state index in [4.69, 9.17) is 5.73 Å². The van der Waals surface area contributed by atoms with Crippen molar-refractivity contribution in [3.05, 3.63) is 94.3 Å². The summed E-state index contributed by atoms with van der Waals surface area (Å²) >= 11 is 0. The SMILES string of the molecule is CCCNC(=O)C1(CCC)C=C(C(N)=O)C=C(C(=O)N[C@@H](Cc2cc(F)cc(C(F)(F)F)c2)[C@H](O)CNCc2ccccc2)C1. The summed E-state index contributed by atoms with van der Waals surface area (Å²) in [6.07, 6.45) is -2.27. The van der Waals surface area contributed by atoms with Crippen LogP contribution in [0.4, 0.5) is 17.6 Å². The van der Waals surface area contributed by atoms with Crippen LogP contribution in [0.25, 0.3) is 0 Å². The molecule has 1 aliphatic carbocycles. The van der Waals surface area contributed by atoms with Crippen LogP contribution in [0.5, 0.6) is 0 Å². The van der Waals surface area contributed by atoms with Crippen molar-refractivity contribution in [3.63, 3.8) is 0 Å². The molecule has 0 spiro atoms. The number of aliphatic hydroxyl groups excluding tert-OH is 1. The van der Waals surface area contributed by atoms with Gasteiger partial charge in [0.25, 0.3) is 0 Å². The van der Waals surface area contributed by atoms with Crippen molar-refractivity contribution < 1.29 is 37.1 Å². The molecule has 0 heterocycles. The van der Waals surface area contributed by atoms with Gasteiger partial charge >= 0.3 is 6.18 Å². The Bertz CT molecular complexity index is 1410. The van der Waals surface area contributed by atoms with Gasteiger partial charge in [0.05, 0.1) is 23.1 Å². The maximum absolute atomic E-state index is 14.2. The van der Waals surface area contributed by atoms with E-state index in [-0.39, 0.29) is 42.0 Å². The fourth-order valence-electron chi connectivity index (χ4n) is 5.37. The number of hydrogen-bond acceptors (Lipinski definition) is 5. The summed E-state index contributed by atoms with van der Waals surface area (Å²) in [6, 6.07) is 10.1. The number of primary amides is 1. The molecule has 1 aliphatic rings. The highest BCUT2D eigenvalue weighted by molar-refractivity contribution is 6.03. The number of nitrogens with two attached hydrogens (primary N) is 1. The lowest BCUT2D eigenvalue weighted by Crippen LogP contribution is -2.50. The minimum absolute atomic E-state index is 0.0342. The number of amides is 3. The van der Waals surface area contributed by atoms with Crippen molar-refractivity contribution in [2.45, 2.75) is 70.8 Å². The first-order valence-corrected chi connectivity index (χ1v) is 14.9. The van der Waals surface area contributed by atoms with Gasteiger partial charge in [-0.2, -0.15) is 13.2 Å². The first kappa shape index (κ1) is 35.4. The summed E-state index contributed by atoms with van der Waals surface area (Å²) in [4.78, 5) is 39.3. The van der Waals surface area contributed by atoms with E-state index >= 15 is 0 Å². The van der Waals surface area contributed by atoms with Crippen molar-refractivity contribution >= 4 is 17.7 Å². The molecular formula is C33H40F4N4O4. The number of alkyl halides is 3. The number of aliphatic hydroxyl groups is 1. The summed E-state index contributed by atoms with van der Waals surface area (Å²) in [5.41, 5.74) is 3.95. The standard InChI is InChI=1S/C33H40F4N4O4/c1-3-10-32(31(45)40-11-4-2)17-23(29(38)43)15-24(18-32)30(44)41-27(28(42)20-39-19-21-8-6-5-7-9-21)14-22-12-25(33(35,36)37)16-26(34)13-22/h5-9,12-13,15-17,27-28,39,42H,3-4,10-11,14,18-20H2,1-2H3,(H2,38,43)(H,40,45)(H,41,44)/t27-,28+,32?/m0/s1. The minimum Gasteiger partial charge on any atom is -0.390 e. The molecule has 244 valence electrons. The Morgan fingerprint density at radius 3 is 2.38 bits per heavy atom. The second-order valence-corrected chi connectivity index (χ2v) is 11.3. The summed E-state index contributed by atoms with van der Waals surface area (Å²) in [6.45, 7) is 4.42. The molecule has 6 N–H and O–H groups in total. The molecular weight excluding hydrogens is 592 g/mol. The first-order valence-electron chi connectivity index (χ1n) is 14.9. The van der Waals surface area contributed by atoms with Crippen LogP contribution in [0.15, 0.2) is 71.8 Å². The zero-order valence-electron chi connectivity index (χ0n) is 25.3. The normalized spacial score (nSPS) is 17.9. The smallest absolute Gasteiger partial charge is 0.390 e. The molecule has 0 aromatic heterocycles. The molecule has 3 atom stereocenters. The molecule has 12 heteroatoms. The predicted octanol–water partition coefficient (Wildman–Crippen LogP) is 4.08. The summed E-state index contributed by atoms with van der Waals surface area (Å²) < 4.78 is 54.5. The van der Waals surface area contributed by atoms with Gasteiger partial charge in [0.1, 0.15) is 5.82 Å². The van der Waals surface area contributed by atoms with E-state index in [0.29, 0.717) is 38.4 Å². The number of benzene rings is 2. The Balaban J connectivity index is 1.91. The number of rotatable bonds is 15. The van der Waals surface area contributed by atoms with E-state index in [2.05, 4.69) is 16.0 Å². The Morgan fingerprint density at radius 1 is 1.04 bits per heavy atom. The lowest BCUT2D eigenvalue weighted by atomic mass is 9.72. The zero-order chi connectivity index (χ0) is 33.2. The van der Waals surface area contributed by atoms with Gasteiger partial charge in [0.15, 0.2) is 0 Å². The molecule has 0 saturated carbocycles. The molecule has 0 aliphatic heterocycles. The van der Waals surface area contributed by atoms with Gasteiger partial charge in [0.2, 0.25) is 17.7 Å². The average molecular weight is 633 g/mol. The number of carbonyl (C=O) groups is 3. The van der Waals surface area contributed by atoms with Crippen LogP contribution in [0.2, 0.25) is 0 Å². The fraction of sp³-hybridized carbons (Fsp3) is 0.424. The Morgan fingerprint density at radius 2 is 1.76 bits per heavy atom. The second kappa shape index (κ2) is 15.8. The van der Waals surface area contributed by atoms with E-state index in [0.717, 1.165) is 17.7 Å². The van der Waals surface area contributed by atoms with Crippen molar-refractivity contribution in [1.29, 1.82) is 0 Å². The third-order valence-corrected chi connectivity index (χ3v) is 7.57. The average Bonchev–Trinajstić information content (AvgIpc) is 2.99. The molecule has 0 saturated heterocycles. The van der Waals surface area contributed by atoms with E-state index in [1.165, 1.54) is 12.2 Å². The third kappa shape index (κ3) is 9.98. The summed E-state index contributed by atoms with van der Waals surface area (Å²) in [5.74, 6) is -3.07. The Labute approximate surface area is 260 Å². The topological polar surface area (TPSA) is 134 Å². The van der Waals surface area contributed by atoms with Gasteiger partial charge in [-0.15, -0.1) is 0 Å². The van der Waals surface area contributed by atoms with Gasteiger partial charge < -0.3 is 26.8 Å². The predicted molar refractivity (Wildman–Crippen MR) is 162 cm³/mol. The highest BCUT2D eigenvalue weighted by Gasteiger charge is 2.41. The quantitative estimate of drug-likeness (QED) is 0.189. The molecule has 0 fully saturated rings. The molecule has 3 amide bonds. The Kier molecular flexibility index (Phi) is 12.5. The monoisotopic (exact) mass is 632 g/mol. The van der Waals surface area contributed by atoms with Gasteiger partial charge in [0, 0.05) is 30.8 Å². The zero-order valence-corrected chi connectivity index (χ0v) is 25.3. The molecule has 8 nitrogen and oxygen atoms in total. The third-order valence-electron chi connectivity index (χ3n) is 7.57. The maximum Gasteiger partial charge on any atom is 0.416 e. The van der Waals surface area contributed by atoms with Gasteiger partial charge in [-0.25, -0.2) is 4.39 Å². The van der Waals surface area contributed by atoms with Crippen LogP contribution in [-0.4, -0.2) is 48.1 Å². The van der Waals surface area contributed by atoms with E-state index in [9.17, 15) is 37.1 Å². The van der Waals surface area contributed by atoms with Crippen molar-refractivity contribution in [2.24, 2.45) is 11.1 Å². The van der Waals surface area contributed by atoms with E-state index in [1.54, 1.807) is 0 Å². The number of hydrogen-bond donors (Lipinski definition) is 5. The molecule has 45 heavy (non-hydrogen) atoms. The van der Waals surface area contributed by atoms with Crippen molar-refractivity contribution in [1.82, 2.24) is 16.0 Å². The Hall–Kier alpha value is -4.03. The van der Waals surface area contributed by atoms with Crippen LogP contribution in [0.1, 0.15) is 56.2 Å². The molecule has 2 aromatic carbocycles. The first-order chi connectivity index (χ1) is 21.3. The highest BCUT2D eigenvalue weighted by atomic mass is 19.4. The molecule has 1 unspecified atom stereocenters. The van der Waals surface area contributed by atoms with Crippen LogP contribution in [0, 0.1) is 11.2 Å². The highest BCUT2D eigenvalue weighted by Crippen LogP contribution is 2.39. The van der Waals surface area contributed by atoms with Crippen LogP contribution < -0.4 is 21.7 Å². The summed E-state index contributed by atoms with van der Waals surface area (Å²) in [5, 5.41) is 19.7. The van der Waals surface area contributed by atoms with Crippen LogP contribution >= 0.6 is 0 Å². The van der Waals surface area contributed by atoms with Crippen LogP contribution in [-0.2, 0) is 33.5 Å². The lowest BCUT2D eigenvalue weighted by molar-refractivity contribution is -0.138. The largest absolute Gasteiger partial charge is 0.416 e. The van der Waals surface area contributed by atoms with Crippen LogP contribution in [0.3, 0.4) is 0 Å². The number of carbonyl (C=O) groups excluding carboxylic acids is 3. The molecule has 2 aromatic rings. The van der Waals surface area contributed by atoms with Gasteiger partial charge in [-0.3, -0.25) is 14.4 Å². The van der Waals surface area contributed by atoms with Gasteiger partial charge in [-0.05, 0) is 61.1 Å². The minimum atomic E-state index is -4.81. The van der Waals surface area contributed by atoms with Crippen molar-refractivity contribution in [2.75, 3.05) is 13.1 Å². The van der Waals surface area contributed by atoms with E-state index < -0.39 is 46.9 Å². The van der Waals surface area contributed by atoms with Crippen molar-refractivity contribution in [3.8, 4) is 0 Å². The van der Waals surface area contributed by atoms with Gasteiger partial charge in [-0.1, -0.05) is 56.7 Å². The number of nitrogens with one attached hydrogen (secondary N) is 3. The number of halogens is 4. The second-order valence-electron chi connectivity index (χ2n) is 11.3. The fourth-order valence-corrected chi connectivity index (χ4v) is 5.37. The summed E-state index contributed by atoms with van der Waals surface area (Å²) in [7, 11) is 0. The maximum atomic E-state index is 14.2. The molecule has 0 radical (unpaired) electrons.